The van der Waals surface area contributed by atoms with Gasteiger partial charge in [0.2, 0.25) is 11.8 Å². The summed E-state index contributed by atoms with van der Waals surface area (Å²) < 4.78 is 0.989. The summed E-state index contributed by atoms with van der Waals surface area (Å²) in [6.45, 7) is 4.94. The van der Waals surface area contributed by atoms with Gasteiger partial charge in [0.05, 0.1) is 11.8 Å². The van der Waals surface area contributed by atoms with Crippen LogP contribution >= 0.6 is 11.3 Å². The fraction of sp³-hybridized carbons (Fsp3) is 0.250. The molecule has 0 aliphatic carbocycles. The van der Waals surface area contributed by atoms with Crippen molar-refractivity contribution < 1.29 is 9.90 Å². The van der Waals surface area contributed by atoms with E-state index in [9.17, 15) is 19.5 Å². The van der Waals surface area contributed by atoms with Gasteiger partial charge in [0, 0.05) is 24.8 Å². The molecule has 0 unspecified atom stereocenters. The van der Waals surface area contributed by atoms with E-state index in [4.69, 9.17) is 0 Å². The Balaban J connectivity index is 2.11. The van der Waals surface area contributed by atoms with Crippen LogP contribution in [0.3, 0.4) is 0 Å². The second-order valence-electron chi connectivity index (χ2n) is 5.50. The number of hydrazone groups is 1. The Bertz CT molecular complexity index is 971. The van der Waals surface area contributed by atoms with Crippen LogP contribution in [0.25, 0.3) is 0 Å². The predicted molar refractivity (Wildman–Crippen MR) is 93.9 cm³/mol. The number of nitrogens with one attached hydrogen (secondary N) is 1. The molecule has 3 heterocycles. The third-order valence-corrected chi connectivity index (χ3v) is 4.85. The number of aromatic amines is 1. The van der Waals surface area contributed by atoms with Gasteiger partial charge in [-0.2, -0.15) is 5.10 Å². The van der Waals surface area contributed by atoms with Gasteiger partial charge in [0.15, 0.2) is 0 Å². The monoisotopic (exact) mass is 360 g/mol. The number of amides is 1. The topological polar surface area (TPSA) is 108 Å². The number of hydrogen-bond acceptors (Lipinski definition) is 6. The lowest BCUT2D eigenvalue weighted by molar-refractivity contribution is -0.130. The predicted octanol–water partition coefficient (Wildman–Crippen LogP) is 1.19. The molecule has 0 saturated heterocycles. The number of allylic oxidation sites excluding steroid dienone is 1. The van der Waals surface area contributed by atoms with Crippen molar-refractivity contribution in [2.75, 3.05) is 0 Å². The van der Waals surface area contributed by atoms with Crippen LogP contribution in [0.1, 0.15) is 29.8 Å². The van der Waals surface area contributed by atoms with Crippen molar-refractivity contribution in [1.82, 2.24) is 14.6 Å². The highest BCUT2D eigenvalue weighted by Crippen LogP contribution is 2.35. The summed E-state index contributed by atoms with van der Waals surface area (Å²) in [5.74, 6) is -0.758. The number of aromatic nitrogens is 2. The summed E-state index contributed by atoms with van der Waals surface area (Å²) in [5.41, 5.74) is -1.32. The molecule has 0 radical (unpaired) electrons. The van der Waals surface area contributed by atoms with Crippen LogP contribution in [-0.4, -0.2) is 31.3 Å². The molecule has 0 aromatic carbocycles. The van der Waals surface area contributed by atoms with Crippen molar-refractivity contribution >= 4 is 23.0 Å². The van der Waals surface area contributed by atoms with Gasteiger partial charge in [-0.05, 0) is 11.4 Å². The van der Waals surface area contributed by atoms with Gasteiger partial charge in [-0.25, -0.2) is 9.80 Å². The minimum Gasteiger partial charge on any atom is -0.494 e. The maximum atomic E-state index is 12.2. The van der Waals surface area contributed by atoms with E-state index in [0.717, 1.165) is 9.44 Å². The molecule has 0 bridgehead atoms. The fourth-order valence-corrected chi connectivity index (χ4v) is 3.58. The smallest absolute Gasteiger partial charge is 0.331 e. The van der Waals surface area contributed by atoms with Crippen LogP contribution in [0.2, 0.25) is 0 Å². The molecule has 9 heteroatoms. The Kier molecular flexibility index (Phi) is 4.41. The molecule has 1 amide bonds. The first-order chi connectivity index (χ1) is 11.9. The number of aromatic hydroxyl groups is 1. The number of thiophene rings is 1. The summed E-state index contributed by atoms with van der Waals surface area (Å²) in [4.78, 5) is 39.1. The molecule has 130 valence electrons. The zero-order valence-electron chi connectivity index (χ0n) is 13.4. The Labute approximate surface area is 146 Å². The Morgan fingerprint density at radius 3 is 2.92 bits per heavy atom. The molecule has 1 aliphatic rings. The maximum absolute atomic E-state index is 12.2. The quantitative estimate of drug-likeness (QED) is 0.798. The minimum absolute atomic E-state index is 0.0342. The molecule has 1 aliphatic heterocycles. The lowest BCUT2D eigenvalue weighted by atomic mass is 10.0. The summed E-state index contributed by atoms with van der Waals surface area (Å²) >= 11 is 1.48. The highest BCUT2D eigenvalue weighted by Gasteiger charge is 2.34. The molecule has 2 N–H and O–H groups in total. The lowest BCUT2D eigenvalue weighted by Crippen LogP contribution is -2.33. The second-order valence-corrected chi connectivity index (χ2v) is 6.48. The zero-order valence-corrected chi connectivity index (χ0v) is 14.2. The summed E-state index contributed by atoms with van der Waals surface area (Å²) in [6.07, 6.45) is 1.69. The minimum atomic E-state index is -0.739. The summed E-state index contributed by atoms with van der Waals surface area (Å²) in [7, 11) is 0. The molecule has 8 nitrogen and oxygen atoms in total. The molecule has 2 aromatic heterocycles. The molecule has 0 spiro atoms. The fourth-order valence-electron chi connectivity index (χ4n) is 2.77. The van der Waals surface area contributed by atoms with Gasteiger partial charge >= 0.3 is 5.69 Å². The average Bonchev–Trinajstić information content (AvgIpc) is 3.20. The van der Waals surface area contributed by atoms with E-state index in [1.807, 2.05) is 17.5 Å². The van der Waals surface area contributed by atoms with Gasteiger partial charge < -0.3 is 5.11 Å². The number of carbonyl (C=O) groups excluding carboxylic acids is 1. The van der Waals surface area contributed by atoms with E-state index in [1.165, 1.54) is 29.3 Å². The van der Waals surface area contributed by atoms with Crippen LogP contribution in [-0.2, 0) is 11.3 Å². The number of carbonyl (C=O) groups is 1. The highest BCUT2D eigenvalue weighted by atomic mass is 32.1. The summed E-state index contributed by atoms with van der Waals surface area (Å²) in [6, 6.07) is 3.41. The first-order valence-corrected chi connectivity index (χ1v) is 8.40. The van der Waals surface area contributed by atoms with Gasteiger partial charge in [-0.1, -0.05) is 12.1 Å². The van der Waals surface area contributed by atoms with Crippen molar-refractivity contribution in [3.8, 4) is 5.88 Å². The average molecular weight is 360 g/mol. The largest absolute Gasteiger partial charge is 0.494 e. The van der Waals surface area contributed by atoms with E-state index in [0.29, 0.717) is 0 Å². The first kappa shape index (κ1) is 16.9. The number of nitrogens with zero attached hydrogens (tertiary/aromatic N) is 3. The Morgan fingerprint density at radius 1 is 1.56 bits per heavy atom. The molecular weight excluding hydrogens is 344 g/mol. The molecule has 25 heavy (non-hydrogen) atoms. The Hall–Kier alpha value is -2.94. The standard InChI is InChI=1S/C16H16N4O4S/c1-3-6-19-15(23)13(14(22)17-16(19)24)10-8-11(12-5-4-7-25-12)20(18-10)9(2)21/h3-5,7,11,23H,1,6,8H2,2H3,(H,17,22,24)/t11-/m1/s1. The van der Waals surface area contributed by atoms with Gasteiger partial charge in [-0.3, -0.25) is 19.1 Å². The van der Waals surface area contributed by atoms with E-state index < -0.39 is 17.1 Å². The van der Waals surface area contributed by atoms with E-state index >= 15 is 0 Å². The number of hydrogen-bond donors (Lipinski definition) is 2. The Morgan fingerprint density at radius 2 is 2.32 bits per heavy atom. The SMILES string of the molecule is C=CCn1c(O)c(C2=NN(C(C)=O)[C@@H](c3cccs3)C2)c(=O)[nH]c1=O. The van der Waals surface area contributed by atoms with Crippen LogP contribution in [0.4, 0.5) is 0 Å². The van der Waals surface area contributed by atoms with Crippen LogP contribution in [0.5, 0.6) is 5.88 Å². The van der Waals surface area contributed by atoms with Gasteiger partial charge in [0.25, 0.3) is 5.56 Å². The third-order valence-electron chi connectivity index (χ3n) is 3.88. The van der Waals surface area contributed by atoms with Gasteiger partial charge in [0.1, 0.15) is 5.56 Å². The molecule has 0 saturated carbocycles. The third kappa shape index (κ3) is 2.93. The van der Waals surface area contributed by atoms with Crippen molar-refractivity contribution in [2.45, 2.75) is 25.9 Å². The van der Waals surface area contributed by atoms with Crippen LogP contribution < -0.4 is 11.2 Å². The first-order valence-electron chi connectivity index (χ1n) is 7.52. The summed E-state index contributed by atoms with van der Waals surface area (Å²) in [5, 5.41) is 17.8. The van der Waals surface area contributed by atoms with Crippen molar-refractivity contribution in [2.24, 2.45) is 5.10 Å². The van der Waals surface area contributed by atoms with Crippen LogP contribution in [0, 0.1) is 0 Å². The maximum Gasteiger partial charge on any atom is 0.331 e. The number of rotatable bonds is 4. The molecule has 1 atom stereocenters. The number of H-pyrrole nitrogens is 1. The lowest BCUT2D eigenvalue weighted by Gasteiger charge is -2.18. The van der Waals surface area contributed by atoms with E-state index in [2.05, 4.69) is 16.7 Å². The second kappa shape index (κ2) is 6.52. The normalized spacial score (nSPS) is 16.8. The highest BCUT2D eigenvalue weighted by molar-refractivity contribution is 7.10. The molecular formula is C16H16N4O4S. The van der Waals surface area contributed by atoms with Crippen molar-refractivity contribution in [3.05, 3.63) is 61.4 Å². The van der Waals surface area contributed by atoms with E-state index in [-0.39, 0.29) is 36.2 Å². The van der Waals surface area contributed by atoms with Crippen LogP contribution in [0.15, 0.2) is 44.9 Å². The molecule has 2 aromatic rings. The van der Waals surface area contributed by atoms with Crippen molar-refractivity contribution in [3.63, 3.8) is 0 Å². The van der Waals surface area contributed by atoms with Crippen molar-refractivity contribution in [1.29, 1.82) is 0 Å². The molecule has 0 fully saturated rings. The zero-order chi connectivity index (χ0) is 18.1. The van der Waals surface area contributed by atoms with Gasteiger partial charge in [-0.15, -0.1) is 17.9 Å². The molecule has 3 rings (SSSR count). The van der Waals surface area contributed by atoms with E-state index in [1.54, 1.807) is 0 Å².